The Balaban J connectivity index is 2.16. The monoisotopic (exact) mass is 332 g/mol. The molecule has 4 aromatic carbocycles. The van der Waals surface area contributed by atoms with E-state index in [9.17, 15) is 0 Å². The summed E-state index contributed by atoms with van der Waals surface area (Å²) in [5.41, 5.74) is 2.52. The van der Waals surface area contributed by atoms with Crippen molar-refractivity contribution < 1.29 is 0 Å². The Labute approximate surface area is 132 Å². The second-order valence-corrected chi connectivity index (χ2v) is 5.97. The van der Waals surface area contributed by atoms with Crippen LogP contribution in [-0.2, 0) is 0 Å². The minimum atomic E-state index is 1.18. The molecule has 0 fully saturated rings. The van der Waals surface area contributed by atoms with E-state index in [0.29, 0.717) is 0 Å². The standard InChI is InChI=1S/C20H13Br/c21-20-18-11-5-4-9-15(18)13-16-10-6-12-17(19(16)20)14-7-2-1-3-8-14/h1-13H. The molecule has 0 aliphatic heterocycles. The van der Waals surface area contributed by atoms with Gasteiger partial charge < -0.3 is 0 Å². The molecule has 0 saturated carbocycles. The number of hydrogen-bond donors (Lipinski definition) is 0. The van der Waals surface area contributed by atoms with Crippen LogP contribution in [0.3, 0.4) is 0 Å². The lowest BCUT2D eigenvalue weighted by atomic mass is 9.96. The fourth-order valence-corrected chi connectivity index (χ4v) is 3.72. The van der Waals surface area contributed by atoms with Gasteiger partial charge in [-0.1, -0.05) is 72.8 Å². The van der Waals surface area contributed by atoms with Crippen molar-refractivity contribution in [2.24, 2.45) is 0 Å². The molecule has 100 valence electrons. The Morgan fingerprint density at radius 1 is 0.619 bits per heavy atom. The first kappa shape index (κ1) is 12.6. The van der Waals surface area contributed by atoms with Gasteiger partial charge in [0, 0.05) is 9.86 Å². The maximum atomic E-state index is 3.83. The fraction of sp³-hybridized carbons (Fsp3) is 0. The van der Waals surface area contributed by atoms with Crippen LogP contribution in [0, 0.1) is 0 Å². The van der Waals surface area contributed by atoms with Crippen LogP contribution < -0.4 is 0 Å². The number of fused-ring (bicyclic) bond motifs is 2. The zero-order chi connectivity index (χ0) is 14.2. The average Bonchev–Trinajstić information content (AvgIpc) is 2.55. The van der Waals surface area contributed by atoms with E-state index >= 15 is 0 Å². The molecule has 0 bridgehead atoms. The van der Waals surface area contributed by atoms with Crippen molar-refractivity contribution in [2.75, 3.05) is 0 Å². The van der Waals surface area contributed by atoms with E-state index in [4.69, 9.17) is 0 Å². The number of hydrogen-bond acceptors (Lipinski definition) is 0. The van der Waals surface area contributed by atoms with Gasteiger partial charge in [-0.05, 0) is 49.3 Å². The molecule has 1 heteroatoms. The maximum Gasteiger partial charge on any atom is 0.0338 e. The third-order valence-corrected chi connectivity index (χ3v) is 4.73. The van der Waals surface area contributed by atoms with Crippen LogP contribution in [0.1, 0.15) is 0 Å². The number of rotatable bonds is 1. The molecule has 4 aromatic rings. The summed E-state index contributed by atoms with van der Waals surface area (Å²) < 4.78 is 1.18. The molecule has 4 rings (SSSR count). The molecule has 21 heavy (non-hydrogen) atoms. The molecule has 0 radical (unpaired) electrons. The highest BCUT2D eigenvalue weighted by molar-refractivity contribution is 9.10. The summed E-state index contributed by atoms with van der Waals surface area (Å²) in [4.78, 5) is 0. The molecule has 0 spiro atoms. The molecule has 0 aliphatic carbocycles. The second kappa shape index (κ2) is 5.01. The van der Waals surface area contributed by atoms with Gasteiger partial charge in [0.1, 0.15) is 0 Å². The lowest BCUT2D eigenvalue weighted by Gasteiger charge is -2.11. The molecule has 0 amide bonds. The summed E-state index contributed by atoms with van der Waals surface area (Å²) in [6.07, 6.45) is 0. The summed E-state index contributed by atoms with van der Waals surface area (Å²) in [7, 11) is 0. The van der Waals surface area contributed by atoms with Gasteiger partial charge in [0.2, 0.25) is 0 Å². The summed E-state index contributed by atoms with van der Waals surface area (Å²) >= 11 is 3.83. The van der Waals surface area contributed by atoms with Gasteiger partial charge in [0.25, 0.3) is 0 Å². The van der Waals surface area contributed by atoms with Crippen molar-refractivity contribution in [2.45, 2.75) is 0 Å². The van der Waals surface area contributed by atoms with Crippen LogP contribution in [0.15, 0.2) is 83.3 Å². The first-order valence-corrected chi connectivity index (χ1v) is 7.79. The van der Waals surface area contributed by atoms with Crippen LogP contribution in [0.25, 0.3) is 32.7 Å². The first-order chi connectivity index (χ1) is 10.3. The highest BCUT2D eigenvalue weighted by atomic mass is 79.9. The molecular formula is C20H13Br. The topological polar surface area (TPSA) is 0 Å². The number of benzene rings is 4. The Morgan fingerprint density at radius 2 is 1.33 bits per heavy atom. The molecule has 0 aromatic heterocycles. The van der Waals surface area contributed by atoms with Crippen LogP contribution in [0.2, 0.25) is 0 Å². The van der Waals surface area contributed by atoms with Gasteiger partial charge >= 0.3 is 0 Å². The lowest BCUT2D eigenvalue weighted by Crippen LogP contribution is -1.84. The SMILES string of the molecule is Brc1c2ccccc2cc2cccc(-c3ccccc3)c12. The van der Waals surface area contributed by atoms with Crippen molar-refractivity contribution in [3.63, 3.8) is 0 Å². The van der Waals surface area contributed by atoms with Crippen molar-refractivity contribution in [3.05, 3.63) is 83.3 Å². The number of halogens is 1. The summed E-state index contributed by atoms with van der Waals surface area (Å²) in [6, 6.07) is 27.8. The van der Waals surface area contributed by atoms with Gasteiger partial charge in [-0.25, -0.2) is 0 Å². The van der Waals surface area contributed by atoms with Gasteiger partial charge in [0.15, 0.2) is 0 Å². The third-order valence-electron chi connectivity index (χ3n) is 3.91. The van der Waals surface area contributed by atoms with Gasteiger partial charge in [-0.2, -0.15) is 0 Å². The van der Waals surface area contributed by atoms with Gasteiger partial charge in [-0.15, -0.1) is 0 Å². The predicted octanol–water partition coefficient (Wildman–Crippen LogP) is 6.42. The summed E-state index contributed by atoms with van der Waals surface area (Å²) in [6.45, 7) is 0. The molecule has 0 nitrogen and oxygen atoms in total. The van der Waals surface area contributed by atoms with E-state index in [2.05, 4.69) is 94.8 Å². The first-order valence-electron chi connectivity index (χ1n) is 7.00. The summed E-state index contributed by atoms with van der Waals surface area (Å²) in [5.74, 6) is 0. The fourth-order valence-electron chi connectivity index (χ4n) is 2.92. The summed E-state index contributed by atoms with van der Waals surface area (Å²) in [5, 5.41) is 5.07. The van der Waals surface area contributed by atoms with Crippen LogP contribution in [-0.4, -0.2) is 0 Å². The smallest absolute Gasteiger partial charge is 0.0338 e. The van der Waals surface area contributed by atoms with Crippen LogP contribution in [0.4, 0.5) is 0 Å². The molecular weight excluding hydrogens is 320 g/mol. The predicted molar refractivity (Wildman–Crippen MR) is 94.6 cm³/mol. The minimum absolute atomic E-state index is 1.18. The molecule has 0 N–H and O–H groups in total. The molecule has 0 unspecified atom stereocenters. The van der Waals surface area contributed by atoms with Crippen molar-refractivity contribution in [3.8, 4) is 11.1 Å². The molecule has 0 saturated heterocycles. The van der Waals surface area contributed by atoms with E-state index in [1.54, 1.807) is 0 Å². The lowest BCUT2D eigenvalue weighted by molar-refractivity contribution is 1.65. The quantitative estimate of drug-likeness (QED) is 0.352. The third kappa shape index (κ3) is 2.05. The molecule has 0 aliphatic rings. The Hall–Kier alpha value is -2.12. The van der Waals surface area contributed by atoms with Crippen molar-refractivity contribution >= 4 is 37.5 Å². The van der Waals surface area contributed by atoms with Gasteiger partial charge in [-0.3, -0.25) is 0 Å². The highest BCUT2D eigenvalue weighted by Gasteiger charge is 2.10. The Morgan fingerprint density at radius 3 is 2.19 bits per heavy atom. The molecule has 0 atom stereocenters. The highest BCUT2D eigenvalue weighted by Crippen LogP contribution is 2.38. The van der Waals surface area contributed by atoms with Crippen molar-refractivity contribution in [1.82, 2.24) is 0 Å². The minimum Gasteiger partial charge on any atom is -0.0622 e. The van der Waals surface area contributed by atoms with E-state index < -0.39 is 0 Å². The normalized spacial score (nSPS) is 11.1. The second-order valence-electron chi connectivity index (χ2n) is 5.18. The van der Waals surface area contributed by atoms with E-state index in [-0.39, 0.29) is 0 Å². The van der Waals surface area contributed by atoms with Gasteiger partial charge in [0.05, 0.1) is 0 Å². The zero-order valence-electron chi connectivity index (χ0n) is 11.4. The van der Waals surface area contributed by atoms with E-state index in [0.717, 1.165) is 0 Å². The van der Waals surface area contributed by atoms with E-state index in [1.807, 2.05) is 0 Å². The zero-order valence-corrected chi connectivity index (χ0v) is 13.0. The molecule has 0 heterocycles. The largest absolute Gasteiger partial charge is 0.0622 e. The Bertz CT molecular complexity index is 940. The maximum absolute atomic E-state index is 3.83. The van der Waals surface area contributed by atoms with Crippen LogP contribution >= 0.6 is 15.9 Å². The average molecular weight is 333 g/mol. The van der Waals surface area contributed by atoms with Crippen LogP contribution in [0.5, 0.6) is 0 Å². The Kier molecular flexibility index (Phi) is 3.01. The van der Waals surface area contributed by atoms with Crippen molar-refractivity contribution in [1.29, 1.82) is 0 Å². The van der Waals surface area contributed by atoms with E-state index in [1.165, 1.54) is 37.1 Å².